The Balaban J connectivity index is 2.10. The maximum absolute atomic E-state index is 12.6. The van der Waals surface area contributed by atoms with Crippen LogP contribution in [-0.2, 0) is 27.2 Å². The van der Waals surface area contributed by atoms with Crippen LogP contribution in [0.5, 0.6) is 11.5 Å². The van der Waals surface area contributed by atoms with Gasteiger partial charge in [0.15, 0.2) is 0 Å². The summed E-state index contributed by atoms with van der Waals surface area (Å²) in [6.45, 7) is 5.27. The summed E-state index contributed by atoms with van der Waals surface area (Å²) < 4.78 is 11.2. The molecule has 0 saturated heterocycles. The number of carbonyl (C=O) groups is 3. The summed E-state index contributed by atoms with van der Waals surface area (Å²) in [5.74, 6) is 0.0698. The minimum absolute atomic E-state index is 0.0191. The highest BCUT2D eigenvalue weighted by Crippen LogP contribution is 2.26. The van der Waals surface area contributed by atoms with Crippen molar-refractivity contribution in [2.45, 2.75) is 51.7 Å². The highest BCUT2D eigenvalue weighted by atomic mass is 16.6. The maximum Gasteiger partial charge on any atom is 0.408 e. The Morgan fingerprint density at radius 1 is 1.03 bits per heavy atom. The first-order valence-corrected chi connectivity index (χ1v) is 10.7. The van der Waals surface area contributed by atoms with E-state index in [1.807, 2.05) is 30.3 Å². The number of hydrogen-bond donors (Lipinski definition) is 2. The molecule has 1 atom stereocenters. The molecule has 0 aromatic heterocycles. The van der Waals surface area contributed by atoms with Gasteiger partial charge in [0.1, 0.15) is 23.1 Å². The standard InChI is InChI=1S/C25H32N2O6/c1-25(2,3)33-24(31)26-20(23(30)27(4)5)16-17-10-13-19(14-11-17)32-21-9-7-6-8-18(21)12-15-22(28)29/h6-11,13-14,20H,12,15-16H2,1-5H3,(H,26,31)(H,28,29). The lowest BCUT2D eigenvalue weighted by atomic mass is 10.0. The van der Waals surface area contributed by atoms with Gasteiger partial charge in [-0.1, -0.05) is 30.3 Å². The second kappa shape index (κ2) is 11.4. The van der Waals surface area contributed by atoms with E-state index >= 15 is 0 Å². The molecule has 0 heterocycles. The summed E-state index contributed by atoms with van der Waals surface area (Å²) in [6, 6.07) is 13.7. The van der Waals surface area contributed by atoms with Crippen molar-refractivity contribution in [3.8, 4) is 11.5 Å². The van der Waals surface area contributed by atoms with Crippen LogP contribution in [-0.4, -0.2) is 53.7 Å². The number of amides is 2. The molecule has 2 rings (SSSR count). The minimum atomic E-state index is -0.865. The largest absolute Gasteiger partial charge is 0.481 e. The molecule has 0 aliphatic rings. The summed E-state index contributed by atoms with van der Waals surface area (Å²) in [4.78, 5) is 37.1. The van der Waals surface area contributed by atoms with Gasteiger partial charge in [0.25, 0.3) is 0 Å². The lowest BCUT2D eigenvalue weighted by molar-refractivity contribution is -0.137. The molecule has 0 fully saturated rings. The van der Waals surface area contributed by atoms with Crippen LogP contribution in [0.25, 0.3) is 0 Å². The summed E-state index contributed by atoms with van der Waals surface area (Å²) in [5.41, 5.74) is 0.968. The molecule has 2 aromatic rings. The number of carboxylic acid groups (broad SMARTS) is 1. The molecule has 2 aromatic carbocycles. The van der Waals surface area contributed by atoms with Gasteiger partial charge in [0, 0.05) is 26.9 Å². The number of rotatable bonds is 9. The molecule has 0 bridgehead atoms. The first-order valence-electron chi connectivity index (χ1n) is 10.7. The minimum Gasteiger partial charge on any atom is -0.481 e. The monoisotopic (exact) mass is 456 g/mol. The van der Waals surface area contributed by atoms with Crippen LogP contribution in [0.4, 0.5) is 4.79 Å². The molecule has 33 heavy (non-hydrogen) atoms. The molecule has 8 nitrogen and oxygen atoms in total. The van der Waals surface area contributed by atoms with Crippen molar-refractivity contribution in [1.82, 2.24) is 10.2 Å². The van der Waals surface area contributed by atoms with E-state index in [0.717, 1.165) is 11.1 Å². The predicted molar refractivity (Wildman–Crippen MR) is 124 cm³/mol. The molecule has 0 spiro atoms. The van der Waals surface area contributed by atoms with Gasteiger partial charge in [-0.15, -0.1) is 0 Å². The number of benzene rings is 2. The Hall–Kier alpha value is -3.55. The smallest absolute Gasteiger partial charge is 0.408 e. The van der Waals surface area contributed by atoms with Crippen molar-refractivity contribution >= 4 is 18.0 Å². The first kappa shape index (κ1) is 25.7. The Morgan fingerprint density at radius 3 is 2.24 bits per heavy atom. The number of ether oxygens (including phenoxy) is 2. The normalized spacial score (nSPS) is 11.9. The number of alkyl carbamates (subject to hydrolysis) is 1. The fourth-order valence-corrected chi connectivity index (χ4v) is 3.07. The zero-order chi connectivity index (χ0) is 24.6. The molecule has 0 aliphatic heterocycles. The molecular weight excluding hydrogens is 424 g/mol. The molecule has 0 aliphatic carbocycles. The number of carbonyl (C=O) groups excluding carboxylic acids is 2. The zero-order valence-electron chi connectivity index (χ0n) is 19.8. The Kier molecular flexibility index (Phi) is 8.85. The number of nitrogens with zero attached hydrogens (tertiary/aromatic N) is 1. The van der Waals surface area contributed by atoms with Crippen molar-refractivity contribution < 1.29 is 29.0 Å². The molecule has 8 heteroatoms. The average Bonchev–Trinajstić information content (AvgIpc) is 2.72. The molecular formula is C25H32N2O6. The Bertz CT molecular complexity index is 964. The van der Waals surface area contributed by atoms with E-state index in [0.29, 0.717) is 17.9 Å². The van der Waals surface area contributed by atoms with Crippen molar-refractivity contribution in [2.75, 3.05) is 14.1 Å². The quantitative estimate of drug-likeness (QED) is 0.590. The topological polar surface area (TPSA) is 105 Å². The van der Waals surface area contributed by atoms with Crippen LogP contribution in [0.2, 0.25) is 0 Å². The number of para-hydroxylation sites is 1. The van der Waals surface area contributed by atoms with Crippen LogP contribution >= 0.6 is 0 Å². The van der Waals surface area contributed by atoms with E-state index in [1.54, 1.807) is 53.1 Å². The Labute approximate surface area is 194 Å². The third kappa shape index (κ3) is 8.84. The number of hydrogen-bond acceptors (Lipinski definition) is 5. The highest BCUT2D eigenvalue weighted by Gasteiger charge is 2.25. The lowest BCUT2D eigenvalue weighted by Crippen LogP contribution is -2.48. The van der Waals surface area contributed by atoms with Gasteiger partial charge in [-0.3, -0.25) is 9.59 Å². The second-order valence-electron chi connectivity index (χ2n) is 8.88. The van der Waals surface area contributed by atoms with Gasteiger partial charge in [-0.05, 0) is 56.5 Å². The molecule has 2 amide bonds. The maximum atomic E-state index is 12.6. The van der Waals surface area contributed by atoms with E-state index < -0.39 is 23.7 Å². The molecule has 0 saturated carbocycles. The third-order valence-electron chi connectivity index (χ3n) is 4.60. The Morgan fingerprint density at radius 2 is 1.67 bits per heavy atom. The number of nitrogens with one attached hydrogen (secondary N) is 1. The van der Waals surface area contributed by atoms with Crippen LogP contribution in [0.1, 0.15) is 38.3 Å². The van der Waals surface area contributed by atoms with Crippen molar-refractivity contribution in [3.63, 3.8) is 0 Å². The van der Waals surface area contributed by atoms with Gasteiger partial charge < -0.3 is 24.8 Å². The number of carboxylic acids is 1. The van der Waals surface area contributed by atoms with Crippen LogP contribution in [0, 0.1) is 0 Å². The van der Waals surface area contributed by atoms with E-state index in [4.69, 9.17) is 14.6 Å². The number of likely N-dealkylation sites (N-methyl/N-ethyl adjacent to an activating group) is 1. The van der Waals surface area contributed by atoms with Crippen molar-refractivity contribution in [2.24, 2.45) is 0 Å². The molecule has 178 valence electrons. The lowest BCUT2D eigenvalue weighted by Gasteiger charge is -2.25. The van der Waals surface area contributed by atoms with Gasteiger partial charge in [-0.25, -0.2) is 4.79 Å². The van der Waals surface area contributed by atoms with Gasteiger partial charge in [-0.2, -0.15) is 0 Å². The van der Waals surface area contributed by atoms with E-state index in [-0.39, 0.29) is 18.7 Å². The van der Waals surface area contributed by atoms with Crippen LogP contribution < -0.4 is 10.1 Å². The second-order valence-corrected chi connectivity index (χ2v) is 8.88. The zero-order valence-corrected chi connectivity index (χ0v) is 19.8. The molecule has 2 N–H and O–H groups in total. The summed E-state index contributed by atoms with van der Waals surface area (Å²) in [6.07, 6.45) is 0.0197. The van der Waals surface area contributed by atoms with Gasteiger partial charge in [0.2, 0.25) is 5.91 Å². The van der Waals surface area contributed by atoms with Crippen LogP contribution in [0.3, 0.4) is 0 Å². The fourth-order valence-electron chi connectivity index (χ4n) is 3.07. The fraction of sp³-hybridized carbons (Fsp3) is 0.400. The van der Waals surface area contributed by atoms with Crippen LogP contribution in [0.15, 0.2) is 48.5 Å². The van der Waals surface area contributed by atoms with Crippen molar-refractivity contribution in [3.05, 3.63) is 59.7 Å². The summed E-state index contributed by atoms with van der Waals surface area (Å²) in [5, 5.41) is 11.6. The third-order valence-corrected chi connectivity index (χ3v) is 4.60. The highest BCUT2D eigenvalue weighted by molar-refractivity contribution is 5.85. The number of aryl methyl sites for hydroxylation is 1. The average molecular weight is 457 g/mol. The van der Waals surface area contributed by atoms with E-state index in [1.165, 1.54) is 4.90 Å². The van der Waals surface area contributed by atoms with E-state index in [2.05, 4.69) is 5.32 Å². The molecule has 0 radical (unpaired) electrons. The summed E-state index contributed by atoms with van der Waals surface area (Å²) >= 11 is 0. The van der Waals surface area contributed by atoms with Gasteiger partial charge >= 0.3 is 12.1 Å². The van der Waals surface area contributed by atoms with E-state index in [9.17, 15) is 14.4 Å². The van der Waals surface area contributed by atoms with Gasteiger partial charge in [0.05, 0.1) is 0 Å². The SMILES string of the molecule is CN(C)C(=O)C(Cc1ccc(Oc2ccccc2CCC(=O)O)cc1)NC(=O)OC(C)(C)C. The predicted octanol–water partition coefficient (Wildman–Crippen LogP) is 4.02. The molecule has 1 unspecified atom stereocenters. The summed E-state index contributed by atoms with van der Waals surface area (Å²) in [7, 11) is 3.26. The first-order chi connectivity index (χ1) is 15.4. The number of aliphatic carboxylic acids is 1. The van der Waals surface area contributed by atoms with Crippen molar-refractivity contribution in [1.29, 1.82) is 0 Å².